The SMILES string of the molecule is COc1cc(Cl)cc(C2=CC(=NC(C)C)NN(Nc3cc(F)cc(F)c3)N2)n1. The van der Waals surface area contributed by atoms with E-state index in [1.54, 1.807) is 18.2 Å². The van der Waals surface area contributed by atoms with Gasteiger partial charge in [0, 0.05) is 29.3 Å². The van der Waals surface area contributed by atoms with Gasteiger partial charge in [0.25, 0.3) is 0 Å². The predicted octanol–water partition coefficient (Wildman–Crippen LogP) is 3.52. The Kier molecular flexibility index (Phi) is 5.96. The highest BCUT2D eigenvalue weighted by molar-refractivity contribution is 6.30. The molecular formula is C18H19ClF2N6O. The molecule has 0 radical (unpaired) electrons. The topological polar surface area (TPSA) is 73.8 Å². The molecule has 0 spiro atoms. The maximum absolute atomic E-state index is 13.5. The maximum Gasteiger partial charge on any atom is 0.215 e. The van der Waals surface area contributed by atoms with Crippen LogP contribution in [0.15, 0.2) is 41.4 Å². The summed E-state index contributed by atoms with van der Waals surface area (Å²) in [6, 6.07) is 6.35. The van der Waals surface area contributed by atoms with E-state index in [-0.39, 0.29) is 11.7 Å². The predicted molar refractivity (Wildman–Crippen MR) is 104 cm³/mol. The van der Waals surface area contributed by atoms with Gasteiger partial charge in [-0.05, 0) is 37.3 Å². The second-order valence-electron chi connectivity index (χ2n) is 6.21. The summed E-state index contributed by atoms with van der Waals surface area (Å²) in [6.07, 6.45) is 1.74. The summed E-state index contributed by atoms with van der Waals surface area (Å²) in [5.74, 6) is -0.549. The molecule has 1 aromatic heterocycles. The van der Waals surface area contributed by atoms with Crippen LogP contribution in [0.2, 0.25) is 5.02 Å². The van der Waals surface area contributed by atoms with Gasteiger partial charge in [0.1, 0.15) is 17.5 Å². The molecule has 0 aliphatic carbocycles. The summed E-state index contributed by atoms with van der Waals surface area (Å²) >= 11 is 6.14. The summed E-state index contributed by atoms with van der Waals surface area (Å²) < 4.78 is 32.1. The molecule has 0 amide bonds. The smallest absolute Gasteiger partial charge is 0.215 e. The Balaban J connectivity index is 1.93. The molecule has 0 saturated carbocycles. The van der Waals surface area contributed by atoms with Gasteiger partial charge in [-0.3, -0.25) is 21.3 Å². The van der Waals surface area contributed by atoms with Crippen molar-refractivity contribution in [3.63, 3.8) is 0 Å². The third-order valence-corrected chi connectivity index (χ3v) is 3.71. The fourth-order valence-corrected chi connectivity index (χ4v) is 2.66. The van der Waals surface area contributed by atoms with E-state index in [0.717, 1.165) is 18.2 Å². The Morgan fingerprint density at radius 3 is 2.50 bits per heavy atom. The van der Waals surface area contributed by atoms with Crippen LogP contribution in [0, 0.1) is 11.6 Å². The van der Waals surface area contributed by atoms with Gasteiger partial charge in [-0.25, -0.2) is 13.8 Å². The van der Waals surface area contributed by atoms with Crippen molar-refractivity contribution >= 4 is 28.8 Å². The Morgan fingerprint density at radius 2 is 1.86 bits per heavy atom. The van der Waals surface area contributed by atoms with Gasteiger partial charge in [-0.2, -0.15) is 0 Å². The van der Waals surface area contributed by atoms with Gasteiger partial charge in [0.2, 0.25) is 5.88 Å². The number of anilines is 1. The summed E-state index contributed by atoms with van der Waals surface area (Å²) in [5, 5.41) is 1.76. The molecule has 1 aliphatic heterocycles. The molecule has 10 heteroatoms. The second kappa shape index (κ2) is 8.41. The van der Waals surface area contributed by atoms with Crippen LogP contribution in [0.5, 0.6) is 5.88 Å². The van der Waals surface area contributed by atoms with Crippen molar-refractivity contribution in [2.24, 2.45) is 4.99 Å². The van der Waals surface area contributed by atoms with E-state index in [1.165, 1.54) is 12.3 Å². The summed E-state index contributed by atoms with van der Waals surface area (Å²) in [7, 11) is 1.49. The van der Waals surface area contributed by atoms with Crippen LogP contribution in [0.1, 0.15) is 19.5 Å². The number of nitrogens with one attached hydrogen (secondary N) is 3. The summed E-state index contributed by atoms with van der Waals surface area (Å²) in [6.45, 7) is 3.84. The van der Waals surface area contributed by atoms with Crippen LogP contribution >= 0.6 is 11.6 Å². The van der Waals surface area contributed by atoms with Crippen molar-refractivity contribution in [2.45, 2.75) is 19.9 Å². The number of pyridine rings is 1. The second-order valence-corrected chi connectivity index (χ2v) is 6.64. The zero-order valence-electron chi connectivity index (χ0n) is 15.4. The number of methoxy groups -OCH3 is 1. The number of amidine groups is 1. The normalized spacial score (nSPS) is 15.8. The summed E-state index contributed by atoms with van der Waals surface area (Å²) in [4.78, 5) is 8.84. The van der Waals surface area contributed by atoms with Crippen LogP contribution in [0.3, 0.4) is 0 Å². The van der Waals surface area contributed by atoms with Gasteiger partial charge in [-0.1, -0.05) is 11.6 Å². The lowest BCUT2D eigenvalue weighted by molar-refractivity contribution is 0.233. The molecule has 2 aromatic rings. The van der Waals surface area contributed by atoms with E-state index in [2.05, 4.69) is 26.3 Å². The first-order chi connectivity index (χ1) is 13.3. The first kappa shape index (κ1) is 19.8. The molecule has 3 N–H and O–H groups in total. The molecule has 7 nitrogen and oxygen atoms in total. The van der Waals surface area contributed by atoms with E-state index in [4.69, 9.17) is 16.3 Å². The van der Waals surface area contributed by atoms with Crippen LogP contribution in [-0.4, -0.2) is 29.2 Å². The molecule has 28 heavy (non-hydrogen) atoms. The number of aromatic nitrogens is 1. The zero-order chi connectivity index (χ0) is 20.3. The highest BCUT2D eigenvalue weighted by Crippen LogP contribution is 2.22. The fraction of sp³-hybridized carbons (Fsp3) is 0.222. The van der Waals surface area contributed by atoms with E-state index in [1.807, 2.05) is 13.8 Å². The lowest BCUT2D eigenvalue weighted by Gasteiger charge is -2.31. The Labute approximate surface area is 166 Å². The number of aliphatic imine (C=N–C) groups is 1. The number of rotatable bonds is 5. The summed E-state index contributed by atoms with van der Waals surface area (Å²) in [5.41, 5.74) is 10.0. The number of hydrogen-bond donors (Lipinski definition) is 3. The van der Waals surface area contributed by atoms with Gasteiger partial charge in [-0.15, -0.1) is 0 Å². The number of nitrogens with zero attached hydrogens (tertiary/aromatic N) is 3. The van der Waals surface area contributed by atoms with Crippen molar-refractivity contribution in [1.82, 2.24) is 21.1 Å². The number of hydrazine groups is 3. The number of halogens is 3. The molecule has 0 bridgehead atoms. The monoisotopic (exact) mass is 408 g/mol. The number of hydrogen-bond acceptors (Lipinski definition) is 6. The average molecular weight is 409 g/mol. The standard InChI is InChI=1S/C18H19ClF2N6O/c1-10(2)22-17-9-16(15-4-11(19)5-18(23-15)28-3)25-27(26-17)24-14-7-12(20)6-13(21)8-14/h4-10,24-25H,1-3H3,(H,22,26). The molecule has 0 atom stereocenters. The Hall–Kier alpha value is -2.91. The molecule has 148 valence electrons. The van der Waals surface area contributed by atoms with Crippen molar-refractivity contribution < 1.29 is 13.5 Å². The minimum Gasteiger partial charge on any atom is -0.481 e. The Morgan fingerprint density at radius 1 is 1.14 bits per heavy atom. The molecule has 0 saturated heterocycles. The lowest BCUT2D eigenvalue weighted by atomic mass is 10.2. The van der Waals surface area contributed by atoms with Crippen molar-refractivity contribution in [3.05, 3.63) is 58.8 Å². The van der Waals surface area contributed by atoms with Crippen LogP contribution in [-0.2, 0) is 0 Å². The third kappa shape index (κ3) is 5.08. The Bertz CT molecular complexity index is 914. The number of ether oxygens (including phenoxy) is 1. The van der Waals surface area contributed by atoms with Gasteiger partial charge in [0.05, 0.1) is 24.2 Å². The van der Waals surface area contributed by atoms with E-state index in [0.29, 0.717) is 28.1 Å². The first-order valence-electron chi connectivity index (χ1n) is 8.40. The minimum absolute atomic E-state index is 0.00780. The largest absolute Gasteiger partial charge is 0.481 e. The van der Waals surface area contributed by atoms with E-state index >= 15 is 0 Å². The minimum atomic E-state index is -0.701. The fourth-order valence-electron chi connectivity index (χ4n) is 2.46. The molecule has 1 aromatic carbocycles. The van der Waals surface area contributed by atoms with Crippen LogP contribution in [0.25, 0.3) is 5.70 Å². The molecule has 2 heterocycles. The highest BCUT2D eigenvalue weighted by atomic mass is 35.5. The average Bonchev–Trinajstić information content (AvgIpc) is 2.59. The molecular weight excluding hydrogens is 390 g/mol. The van der Waals surface area contributed by atoms with Crippen molar-refractivity contribution in [1.29, 1.82) is 0 Å². The molecule has 0 unspecified atom stereocenters. The van der Waals surface area contributed by atoms with Gasteiger partial charge in [0.15, 0.2) is 0 Å². The van der Waals surface area contributed by atoms with Crippen molar-refractivity contribution in [3.8, 4) is 5.88 Å². The zero-order valence-corrected chi connectivity index (χ0v) is 16.2. The third-order valence-electron chi connectivity index (χ3n) is 3.49. The van der Waals surface area contributed by atoms with Crippen molar-refractivity contribution in [2.75, 3.05) is 12.5 Å². The van der Waals surface area contributed by atoms with Crippen LogP contribution in [0.4, 0.5) is 14.5 Å². The molecule has 3 rings (SSSR count). The number of benzene rings is 1. The van der Waals surface area contributed by atoms with Gasteiger partial charge < -0.3 is 4.74 Å². The maximum atomic E-state index is 13.5. The van der Waals surface area contributed by atoms with Crippen LogP contribution < -0.4 is 21.0 Å². The van der Waals surface area contributed by atoms with E-state index in [9.17, 15) is 8.78 Å². The molecule has 0 fully saturated rings. The van der Waals surface area contributed by atoms with E-state index < -0.39 is 11.6 Å². The first-order valence-corrected chi connectivity index (χ1v) is 8.78. The molecule has 1 aliphatic rings. The quantitative estimate of drug-likeness (QED) is 0.703. The highest BCUT2D eigenvalue weighted by Gasteiger charge is 2.19. The lowest BCUT2D eigenvalue weighted by Crippen LogP contribution is -2.56. The van der Waals surface area contributed by atoms with Gasteiger partial charge >= 0.3 is 0 Å².